The van der Waals surface area contributed by atoms with Crippen molar-refractivity contribution in [3.63, 3.8) is 0 Å². The van der Waals surface area contributed by atoms with E-state index in [0.29, 0.717) is 18.8 Å². The number of fused-ring (bicyclic) bond motifs is 1. The van der Waals surface area contributed by atoms with Crippen LogP contribution in [0, 0.1) is 11.8 Å². The molecule has 128 valence electrons. The number of piperidine rings is 1. The molecule has 2 fully saturated rings. The van der Waals surface area contributed by atoms with Gasteiger partial charge in [-0.2, -0.15) is 5.10 Å². The zero-order valence-electron chi connectivity index (χ0n) is 14.2. The average Bonchev–Trinajstić information content (AvgIpc) is 3.02. The van der Waals surface area contributed by atoms with Crippen molar-refractivity contribution in [2.45, 2.75) is 44.6 Å². The number of carbonyl (C=O) groups excluding carboxylic acids is 1. The highest BCUT2D eigenvalue weighted by molar-refractivity contribution is 5.80. The van der Waals surface area contributed by atoms with Crippen molar-refractivity contribution in [3.05, 3.63) is 36.2 Å². The van der Waals surface area contributed by atoms with Gasteiger partial charge < -0.3 is 10.0 Å². The molecule has 1 saturated carbocycles. The lowest BCUT2D eigenvalue weighted by Crippen LogP contribution is -2.51. The van der Waals surface area contributed by atoms with Gasteiger partial charge in [0, 0.05) is 30.9 Å². The fourth-order valence-electron chi connectivity index (χ4n) is 4.25. The molecule has 4 rings (SSSR count). The molecule has 24 heavy (non-hydrogen) atoms. The second-order valence-electron chi connectivity index (χ2n) is 7.76. The van der Waals surface area contributed by atoms with E-state index in [1.54, 1.807) is 0 Å². The summed E-state index contributed by atoms with van der Waals surface area (Å²) >= 11 is 0. The quantitative estimate of drug-likeness (QED) is 0.941. The number of likely N-dealkylation sites (tertiary alicyclic amines) is 1. The molecule has 0 unspecified atom stereocenters. The molecule has 1 N–H and O–H groups in total. The molecule has 1 aliphatic carbocycles. The summed E-state index contributed by atoms with van der Waals surface area (Å²) in [7, 11) is 0. The first-order valence-corrected chi connectivity index (χ1v) is 8.95. The molecule has 0 radical (unpaired) electrons. The smallest absolute Gasteiger partial charge is 0.225 e. The molecule has 1 amide bonds. The van der Waals surface area contributed by atoms with Crippen molar-refractivity contribution in [2.75, 3.05) is 13.1 Å². The van der Waals surface area contributed by atoms with Gasteiger partial charge in [-0.3, -0.25) is 4.79 Å². The minimum Gasteiger partial charge on any atom is -0.390 e. The molecule has 0 bridgehead atoms. The molecule has 0 atom stereocenters. The van der Waals surface area contributed by atoms with Crippen molar-refractivity contribution in [1.29, 1.82) is 0 Å². The minimum atomic E-state index is -0.624. The standard InChI is InChI=1S/C19H25N3O2/c1-19(24)12-15(13-19)18(23)21-9-6-14(7-10-21)11-17-4-2-3-16-5-8-20-22(16)17/h2-5,8,14-15,24H,6-7,9-13H2,1H3/t15-,19+. The van der Waals surface area contributed by atoms with Crippen LogP contribution in [0.3, 0.4) is 0 Å². The Morgan fingerprint density at radius 1 is 1.29 bits per heavy atom. The van der Waals surface area contributed by atoms with E-state index in [1.165, 1.54) is 5.69 Å². The highest BCUT2D eigenvalue weighted by Gasteiger charge is 2.44. The van der Waals surface area contributed by atoms with Crippen LogP contribution in [0.5, 0.6) is 0 Å². The number of carbonyl (C=O) groups is 1. The molecule has 1 aliphatic heterocycles. The number of rotatable bonds is 3. The van der Waals surface area contributed by atoms with Crippen LogP contribution < -0.4 is 0 Å². The van der Waals surface area contributed by atoms with Gasteiger partial charge in [-0.25, -0.2) is 4.52 Å². The number of hydrogen-bond donors (Lipinski definition) is 1. The predicted octanol–water partition coefficient (Wildman–Crippen LogP) is 2.28. The third-order valence-electron chi connectivity index (χ3n) is 5.65. The minimum absolute atomic E-state index is 0.0365. The normalized spacial score (nSPS) is 28.1. The molecular formula is C19H25N3O2. The Morgan fingerprint density at radius 3 is 2.75 bits per heavy atom. The van der Waals surface area contributed by atoms with Crippen molar-refractivity contribution in [3.8, 4) is 0 Å². The summed E-state index contributed by atoms with van der Waals surface area (Å²) in [5.74, 6) is 0.886. The number of hydrogen-bond acceptors (Lipinski definition) is 3. The first-order chi connectivity index (χ1) is 11.5. The predicted molar refractivity (Wildman–Crippen MR) is 91.5 cm³/mol. The maximum atomic E-state index is 12.5. The summed E-state index contributed by atoms with van der Waals surface area (Å²) in [5.41, 5.74) is 1.76. The van der Waals surface area contributed by atoms with Gasteiger partial charge >= 0.3 is 0 Å². The van der Waals surface area contributed by atoms with Crippen LogP contribution in [0.4, 0.5) is 0 Å². The monoisotopic (exact) mass is 327 g/mol. The number of nitrogens with zero attached hydrogens (tertiary/aromatic N) is 3. The van der Waals surface area contributed by atoms with E-state index in [9.17, 15) is 9.90 Å². The van der Waals surface area contributed by atoms with E-state index in [0.717, 1.165) is 37.9 Å². The molecule has 2 aliphatic rings. The van der Waals surface area contributed by atoms with Gasteiger partial charge in [-0.05, 0) is 63.1 Å². The van der Waals surface area contributed by atoms with Crippen molar-refractivity contribution in [2.24, 2.45) is 11.8 Å². The second kappa shape index (κ2) is 5.88. The van der Waals surface area contributed by atoms with Gasteiger partial charge in [-0.1, -0.05) is 6.07 Å². The molecule has 0 spiro atoms. The fraction of sp³-hybridized carbons (Fsp3) is 0.579. The summed E-state index contributed by atoms with van der Waals surface area (Å²) < 4.78 is 2.02. The van der Waals surface area contributed by atoms with Crippen LogP contribution in [-0.4, -0.2) is 44.2 Å². The Hall–Kier alpha value is -1.88. The first kappa shape index (κ1) is 15.6. The van der Waals surface area contributed by atoms with Crippen LogP contribution in [0.1, 0.15) is 38.3 Å². The van der Waals surface area contributed by atoms with Gasteiger partial charge in [0.05, 0.1) is 11.1 Å². The Labute approximate surface area is 142 Å². The lowest BCUT2D eigenvalue weighted by Gasteiger charge is -2.43. The Kier molecular flexibility index (Phi) is 3.83. The summed E-state index contributed by atoms with van der Waals surface area (Å²) in [5, 5.41) is 14.2. The van der Waals surface area contributed by atoms with Crippen LogP contribution in [0.25, 0.3) is 5.52 Å². The Morgan fingerprint density at radius 2 is 2.04 bits per heavy atom. The van der Waals surface area contributed by atoms with Gasteiger partial charge in [-0.15, -0.1) is 0 Å². The zero-order chi connectivity index (χ0) is 16.7. The number of amides is 1. The number of pyridine rings is 1. The fourth-order valence-corrected chi connectivity index (χ4v) is 4.25. The number of aliphatic hydroxyl groups is 1. The van der Waals surface area contributed by atoms with E-state index in [4.69, 9.17) is 0 Å². The maximum Gasteiger partial charge on any atom is 0.225 e. The van der Waals surface area contributed by atoms with E-state index >= 15 is 0 Å². The third-order valence-corrected chi connectivity index (χ3v) is 5.65. The highest BCUT2D eigenvalue weighted by Crippen LogP contribution is 2.39. The van der Waals surface area contributed by atoms with Crippen LogP contribution >= 0.6 is 0 Å². The van der Waals surface area contributed by atoms with Crippen molar-refractivity contribution in [1.82, 2.24) is 14.5 Å². The molecule has 5 nitrogen and oxygen atoms in total. The van der Waals surface area contributed by atoms with Crippen LogP contribution in [0.2, 0.25) is 0 Å². The Balaban J connectivity index is 1.33. The molecule has 3 heterocycles. The average molecular weight is 327 g/mol. The van der Waals surface area contributed by atoms with E-state index in [1.807, 2.05) is 28.6 Å². The molecular weight excluding hydrogens is 302 g/mol. The summed E-state index contributed by atoms with van der Waals surface area (Å²) in [6, 6.07) is 8.34. The second-order valence-corrected chi connectivity index (χ2v) is 7.76. The lowest BCUT2D eigenvalue weighted by molar-refractivity contribution is -0.151. The topological polar surface area (TPSA) is 57.8 Å². The SMILES string of the molecule is C[C@]1(O)C[C@@H](C(=O)N2CCC(Cc3cccc4ccnn34)CC2)C1. The third kappa shape index (κ3) is 2.93. The van der Waals surface area contributed by atoms with Gasteiger partial charge in [0.15, 0.2) is 0 Å². The molecule has 1 saturated heterocycles. The van der Waals surface area contributed by atoms with Gasteiger partial charge in [0.25, 0.3) is 0 Å². The molecule has 2 aromatic rings. The van der Waals surface area contributed by atoms with Crippen LogP contribution in [-0.2, 0) is 11.2 Å². The summed E-state index contributed by atoms with van der Waals surface area (Å²) in [6.45, 7) is 3.51. The summed E-state index contributed by atoms with van der Waals surface area (Å²) in [4.78, 5) is 14.5. The van der Waals surface area contributed by atoms with Crippen molar-refractivity contribution < 1.29 is 9.90 Å². The lowest BCUT2D eigenvalue weighted by atomic mass is 9.71. The van der Waals surface area contributed by atoms with Gasteiger partial charge in [0.2, 0.25) is 5.91 Å². The van der Waals surface area contributed by atoms with Gasteiger partial charge in [0.1, 0.15) is 0 Å². The van der Waals surface area contributed by atoms with Crippen molar-refractivity contribution >= 4 is 11.4 Å². The van der Waals surface area contributed by atoms with Crippen LogP contribution in [0.15, 0.2) is 30.5 Å². The maximum absolute atomic E-state index is 12.5. The van der Waals surface area contributed by atoms with E-state index in [-0.39, 0.29) is 11.8 Å². The van der Waals surface area contributed by atoms with E-state index in [2.05, 4.69) is 23.3 Å². The molecule has 5 heteroatoms. The number of aromatic nitrogens is 2. The summed E-state index contributed by atoms with van der Waals surface area (Å²) in [6.07, 6.45) is 6.19. The molecule has 2 aromatic heterocycles. The van der Waals surface area contributed by atoms with E-state index < -0.39 is 5.60 Å². The highest BCUT2D eigenvalue weighted by atomic mass is 16.3. The molecule has 0 aromatic carbocycles. The first-order valence-electron chi connectivity index (χ1n) is 8.95. The zero-order valence-corrected chi connectivity index (χ0v) is 14.2. The Bertz CT molecular complexity index is 736. The largest absolute Gasteiger partial charge is 0.390 e.